The molecule has 0 atom stereocenters. The Morgan fingerprint density at radius 1 is 1.42 bits per heavy atom. The van der Waals surface area contributed by atoms with Crippen LogP contribution in [0.5, 0.6) is 0 Å². The van der Waals surface area contributed by atoms with Crippen molar-refractivity contribution >= 4 is 11.9 Å². The highest BCUT2D eigenvalue weighted by Crippen LogP contribution is 2.29. The van der Waals surface area contributed by atoms with E-state index in [1.165, 1.54) is 18.2 Å². The van der Waals surface area contributed by atoms with Crippen molar-refractivity contribution in [2.45, 2.75) is 32.2 Å². The zero-order valence-corrected chi connectivity index (χ0v) is 10.7. The Morgan fingerprint density at radius 3 is 2.63 bits per heavy atom. The van der Waals surface area contributed by atoms with Gasteiger partial charge in [-0.2, -0.15) is 0 Å². The molecule has 4 nitrogen and oxygen atoms in total. The van der Waals surface area contributed by atoms with Gasteiger partial charge in [0.2, 0.25) is 0 Å². The molecule has 0 saturated heterocycles. The number of rotatable bonds is 5. The molecule has 2 rings (SSSR count). The van der Waals surface area contributed by atoms with Gasteiger partial charge in [0.25, 0.3) is 5.91 Å². The van der Waals surface area contributed by atoms with Crippen molar-refractivity contribution in [3.8, 4) is 0 Å². The third-order valence-corrected chi connectivity index (χ3v) is 3.23. The molecule has 1 aliphatic carbocycles. The second kappa shape index (κ2) is 5.38. The van der Waals surface area contributed by atoms with Crippen molar-refractivity contribution in [2.75, 3.05) is 6.54 Å². The Morgan fingerprint density at radius 2 is 2.11 bits per heavy atom. The van der Waals surface area contributed by atoms with E-state index >= 15 is 0 Å². The predicted octanol–water partition coefficient (Wildman–Crippen LogP) is 2.21. The van der Waals surface area contributed by atoms with Crippen molar-refractivity contribution in [2.24, 2.45) is 0 Å². The van der Waals surface area contributed by atoms with Gasteiger partial charge in [-0.05, 0) is 43.5 Å². The van der Waals surface area contributed by atoms with Crippen LogP contribution in [-0.4, -0.2) is 34.5 Å². The standard InChI is InChI=1S/C14H16FNO3/c1-9-8-10(15)2-5-12(9)14(19)16(11-3-4-11)7-6-13(17)18/h2,5,8,11H,3-4,6-7H2,1H3,(H,17,18). The van der Waals surface area contributed by atoms with E-state index in [0.29, 0.717) is 11.1 Å². The van der Waals surface area contributed by atoms with Crippen LogP contribution in [0.4, 0.5) is 4.39 Å². The first kappa shape index (κ1) is 13.5. The summed E-state index contributed by atoms with van der Waals surface area (Å²) in [6.45, 7) is 1.88. The second-order valence-corrected chi connectivity index (χ2v) is 4.83. The van der Waals surface area contributed by atoms with Crippen LogP contribution in [0.25, 0.3) is 0 Å². The van der Waals surface area contributed by atoms with E-state index in [1.807, 2.05) is 0 Å². The van der Waals surface area contributed by atoms with Crippen molar-refractivity contribution in [1.82, 2.24) is 4.90 Å². The monoisotopic (exact) mass is 265 g/mol. The van der Waals surface area contributed by atoms with Crippen LogP contribution < -0.4 is 0 Å². The number of amides is 1. The van der Waals surface area contributed by atoms with E-state index in [-0.39, 0.29) is 30.7 Å². The first-order valence-electron chi connectivity index (χ1n) is 6.28. The zero-order valence-electron chi connectivity index (χ0n) is 10.7. The quantitative estimate of drug-likeness (QED) is 0.888. The Kier molecular flexibility index (Phi) is 3.83. The van der Waals surface area contributed by atoms with Gasteiger partial charge in [0.05, 0.1) is 6.42 Å². The van der Waals surface area contributed by atoms with Gasteiger partial charge >= 0.3 is 5.97 Å². The van der Waals surface area contributed by atoms with Crippen LogP contribution in [0.2, 0.25) is 0 Å². The molecular formula is C14H16FNO3. The summed E-state index contributed by atoms with van der Waals surface area (Å²) in [7, 11) is 0. The molecule has 1 aliphatic rings. The average Bonchev–Trinajstić information content (AvgIpc) is 3.13. The summed E-state index contributed by atoms with van der Waals surface area (Å²) in [5.74, 6) is -1.51. The van der Waals surface area contributed by atoms with Gasteiger partial charge in [0.1, 0.15) is 5.82 Å². The Bertz CT molecular complexity index is 511. The Balaban J connectivity index is 2.16. The summed E-state index contributed by atoms with van der Waals surface area (Å²) in [4.78, 5) is 24.6. The summed E-state index contributed by atoms with van der Waals surface area (Å²) in [5.41, 5.74) is 1.02. The van der Waals surface area contributed by atoms with Crippen molar-refractivity contribution in [1.29, 1.82) is 0 Å². The number of hydrogen-bond acceptors (Lipinski definition) is 2. The van der Waals surface area contributed by atoms with E-state index in [9.17, 15) is 14.0 Å². The molecule has 0 radical (unpaired) electrons. The number of carbonyl (C=O) groups is 2. The lowest BCUT2D eigenvalue weighted by Gasteiger charge is -2.22. The first-order chi connectivity index (χ1) is 8.99. The molecule has 0 aliphatic heterocycles. The van der Waals surface area contributed by atoms with Gasteiger partial charge in [0.15, 0.2) is 0 Å². The van der Waals surface area contributed by atoms with Gasteiger partial charge in [-0.3, -0.25) is 9.59 Å². The maximum atomic E-state index is 13.0. The summed E-state index contributed by atoms with van der Waals surface area (Å²) < 4.78 is 13.0. The van der Waals surface area contributed by atoms with E-state index in [2.05, 4.69) is 0 Å². The Hall–Kier alpha value is -1.91. The third kappa shape index (κ3) is 3.30. The predicted molar refractivity (Wildman–Crippen MR) is 67.4 cm³/mol. The smallest absolute Gasteiger partial charge is 0.305 e. The molecule has 1 aromatic rings. The average molecular weight is 265 g/mol. The van der Waals surface area contributed by atoms with Crippen LogP contribution in [0.3, 0.4) is 0 Å². The van der Waals surface area contributed by atoms with Gasteiger partial charge in [0, 0.05) is 18.2 Å². The molecule has 1 aromatic carbocycles. The number of aliphatic carboxylic acids is 1. The third-order valence-electron chi connectivity index (χ3n) is 3.23. The lowest BCUT2D eigenvalue weighted by Crippen LogP contribution is -2.35. The highest BCUT2D eigenvalue weighted by molar-refractivity contribution is 5.96. The Labute approximate surface area is 110 Å². The molecule has 0 heterocycles. The SMILES string of the molecule is Cc1cc(F)ccc1C(=O)N(CCC(=O)O)C1CC1. The summed E-state index contributed by atoms with van der Waals surface area (Å²) in [6.07, 6.45) is 1.75. The van der Waals surface area contributed by atoms with E-state index in [0.717, 1.165) is 12.8 Å². The van der Waals surface area contributed by atoms with E-state index < -0.39 is 5.97 Å². The van der Waals surface area contributed by atoms with Crippen LogP contribution in [0.1, 0.15) is 35.2 Å². The number of benzene rings is 1. The minimum Gasteiger partial charge on any atom is -0.481 e. The summed E-state index contributed by atoms with van der Waals surface area (Å²) in [6, 6.07) is 4.16. The molecule has 102 valence electrons. The lowest BCUT2D eigenvalue weighted by molar-refractivity contribution is -0.137. The van der Waals surface area contributed by atoms with Gasteiger partial charge in [-0.25, -0.2) is 4.39 Å². The fourth-order valence-corrected chi connectivity index (χ4v) is 2.07. The second-order valence-electron chi connectivity index (χ2n) is 4.83. The molecule has 0 spiro atoms. The largest absolute Gasteiger partial charge is 0.481 e. The highest BCUT2D eigenvalue weighted by atomic mass is 19.1. The fourth-order valence-electron chi connectivity index (χ4n) is 2.07. The van der Waals surface area contributed by atoms with Crippen LogP contribution in [0, 0.1) is 12.7 Å². The van der Waals surface area contributed by atoms with Crippen molar-refractivity contribution in [3.05, 3.63) is 35.1 Å². The normalized spacial score (nSPS) is 14.2. The minimum atomic E-state index is -0.922. The van der Waals surface area contributed by atoms with Gasteiger partial charge in [-0.15, -0.1) is 0 Å². The van der Waals surface area contributed by atoms with Gasteiger partial charge in [-0.1, -0.05) is 0 Å². The number of carboxylic acid groups (broad SMARTS) is 1. The van der Waals surface area contributed by atoms with Gasteiger partial charge < -0.3 is 10.0 Å². The molecule has 0 unspecified atom stereocenters. The molecule has 5 heteroatoms. The molecule has 0 bridgehead atoms. The van der Waals surface area contributed by atoms with Crippen LogP contribution >= 0.6 is 0 Å². The summed E-state index contributed by atoms with van der Waals surface area (Å²) in [5, 5.41) is 8.72. The van der Waals surface area contributed by atoms with Crippen molar-refractivity contribution in [3.63, 3.8) is 0 Å². The molecule has 1 fully saturated rings. The number of carbonyl (C=O) groups excluding carboxylic acids is 1. The highest BCUT2D eigenvalue weighted by Gasteiger charge is 2.33. The maximum Gasteiger partial charge on any atom is 0.305 e. The molecular weight excluding hydrogens is 249 g/mol. The molecule has 1 N–H and O–H groups in total. The number of nitrogens with zero attached hydrogens (tertiary/aromatic N) is 1. The molecule has 0 aromatic heterocycles. The number of halogens is 1. The maximum absolute atomic E-state index is 13.0. The van der Waals surface area contributed by atoms with Crippen molar-refractivity contribution < 1.29 is 19.1 Å². The molecule has 19 heavy (non-hydrogen) atoms. The minimum absolute atomic E-state index is 0.0670. The lowest BCUT2D eigenvalue weighted by atomic mass is 10.1. The fraction of sp³-hybridized carbons (Fsp3) is 0.429. The van der Waals surface area contributed by atoms with Crippen LogP contribution in [0.15, 0.2) is 18.2 Å². The van der Waals surface area contributed by atoms with E-state index in [4.69, 9.17) is 5.11 Å². The zero-order chi connectivity index (χ0) is 14.0. The van der Waals surface area contributed by atoms with Crippen LogP contribution in [-0.2, 0) is 4.79 Å². The number of carboxylic acids is 1. The number of hydrogen-bond donors (Lipinski definition) is 1. The molecule has 1 amide bonds. The first-order valence-corrected chi connectivity index (χ1v) is 6.28. The number of aryl methyl sites for hydroxylation is 1. The molecule has 1 saturated carbocycles. The topological polar surface area (TPSA) is 57.6 Å². The van der Waals surface area contributed by atoms with E-state index in [1.54, 1.807) is 11.8 Å². The summed E-state index contributed by atoms with van der Waals surface area (Å²) >= 11 is 0.